The lowest BCUT2D eigenvalue weighted by molar-refractivity contribution is 0.0696. The molecule has 0 spiro atoms. The van der Waals surface area contributed by atoms with Crippen molar-refractivity contribution in [3.05, 3.63) is 42.1 Å². The van der Waals surface area contributed by atoms with Gasteiger partial charge in [0.2, 0.25) is 5.88 Å². The lowest BCUT2D eigenvalue weighted by atomic mass is 10.0. The Morgan fingerprint density at radius 3 is 2.42 bits per heavy atom. The average molecular weight is 259 g/mol. The molecular formula is C14H13NO4. The second-order valence-electron chi connectivity index (χ2n) is 3.84. The number of carbonyl (C=O) groups is 1. The summed E-state index contributed by atoms with van der Waals surface area (Å²) in [6.07, 6.45) is 1.62. The number of aromatic nitrogens is 1. The van der Waals surface area contributed by atoms with Gasteiger partial charge < -0.3 is 14.6 Å². The van der Waals surface area contributed by atoms with Crippen molar-refractivity contribution in [2.45, 2.75) is 0 Å². The summed E-state index contributed by atoms with van der Waals surface area (Å²) in [4.78, 5) is 15.2. The van der Waals surface area contributed by atoms with Crippen molar-refractivity contribution in [1.29, 1.82) is 0 Å². The van der Waals surface area contributed by atoms with E-state index in [0.717, 1.165) is 11.1 Å². The van der Waals surface area contributed by atoms with Crippen LogP contribution in [0.4, 0.5) is 0 Å². The van der Waals surface area contributed by atoms with Crippen molar-refractivity contribution in [2.24, 2.45) is 0 Å². The molecule has 0 unspecified atom stereocenters. The van der Waals surface area contributed by atoms with E-state index >= 15 is 0 Å². The summed E-state index contributed by atoms with van der Waals surface area (Å²) in [5.41, 5.74) is 1.69. The van der Waals surface area contributed by atoms with Crippen LogP contribution in [0, 0.1) is 0 Å². The SMILES string of the molecule is COc1cc(C(=O)O)cc(-c2ccc(OC)nc2)c1. The molecule has 0 saturated heterocycles. The van der Waals surface area contributed by atoms with Gasteiger partial charge in [-0.15, -0.1) is 0 Å². The number of carboxylic acid groups (broad SMARTS) is 1. The molecule has 2 aromatic rings. The zero-order valence-electron chi connectivity index (χ0n) is 10.6. The van der Waals surface area contributed by atoms with Gasteiger partial charge in [-0.1, -0.05) is 0 Å². The second-order valence-corrected chi connectivity index (χ2v) is 3.84. The number of benzene rings is 1. The Morgan fingerprint density at radius 1 is 1.11 bits per heavy atom. The summed E-state index contributed by atoms with van der Waals surface area (Å²) in [6, 6.07) is 8.34. The number of aromatic carboxylic acids is 1. The number of rotatable bonds is 4. The molecule has 0 amide bonds. The van der Waals surface area contributed by atoms with Crippen molar-refractivity contribution < 1.29 is 19.4 Å². The standard InChI is InChI=1S/C14H13NO4/c1-18-12-6-10(5-11(7-12)14(16)17)9-3-4-13(19-2)15-8-9/h3-8H,1-2H3,(H,16,17). The minimum atomic E-state index is -0.998. The fourth-order valence-electron chi connectivity index (χ4n) is 1.68. The molecule has 5 nitrogen and oxygen atoms in total. The van der Waals surface area contributed by atoms with Crippen LogP contribution >= 0.6 is 0 Å². The molecule has 1 N–H and O–H groups in total. The summed E-state index contributed by atoms with van der Waals surface area (Å²) in [7, 11) is 3.03. The van der Waals surface area contributed by atoms with E-state index in [1.54, 1.807) is 24.4 Å². The van der Waals surface area contributed by atoms with Gasteiger partial charge >= 0.3 is 5.97 Å². The lowest BCUT2D eigenvalue weighted by Gasteiger charge is -2.07. The van der Waals surface area contributed by atoms with Gasteiger partial charge in [0, 0.05) is 17.8 Å². The molecule has 0 radical (unpaired) electrons. The molecule has 1 aromatic carbocycles. The Hall–Kier alpha value is -2.56. The highest BCUT2D eigenvalue weighted by molar-refractivity contribution is 5.90. The summed E-state index contributed by atoms with van der Waals surface area (Å²) < 4.78 is 10.1. The third-order valence-electron chi connectivity index (χ3n) is 2.67. The van der Waals surface area contributed by atoms with Crippen LogP contribution in [0.5, 0.6) is 11.6 Å². The van der Waals surface area contributed by atoms with Gasteiger partial charge in [0.05, 0.1) is 19.8 Å². The van der Waals surface area contributed by atoms with E-state index in [9.17, 15) is 4.79 Å². The average Bonchev–Trinajstić information content (AvgIpc) is 2.46. The molecule has 0 fully saturated rings. The number of pyridine rings is 1. The second kappa shape index (κ2) is 5.39. The van der Waals surface area contributed by atoms with Crippen LogP contribution in [0.25, 0.3) is 11.1 Å². The number of hydrogen-bond acceptors (Lipinski definition) is 4. The van der Waals surface area contributed by atoms with E-state index in [0.29, 0.717) is 11.6 Å². The Labute approximate surface area is 110 Å². The van der Waals surface area contributed by atoms with Crippen LogP contribution in [-0.2, 0) is 0 Å². The van der Waals surface area contributed by atoms with Gasteiger partial charge in [-0.2, -0.15) is 0 Å². The Kier molecular flexibility index (Phi) is 3.66. The van der Waals surface area contributed by atoms with Crippen molar-refractivity contribution in [3.63, 3.8) is 0 Å². The number of ether oxygens (including phenoxy) is 2. The minimum Gasteiger partial charge on any atom is -0.497 e. The van der Waals surface area contributed by atoms with Crippen molar-refractivity contribution in [3.8, 4) is 22.8 Å². The molecule has 0 aliphatic rings. The summed E-state index contributed by atoms with van der Waals surface area (Å²) >= 11 is 0. The maximum atomic E-state index is 11.1. The van der Waals surface area contributed by atoms with Gasteiger partial charge in [0.1, 0.15) is 5.75 Å². The van der Waals surface area contributed by atoms with Gasteiger partial charge in [-0.25, -0.2) is 9.78 Å². The first-order chi connectivity index (χ1) is 9.13. The van der Waals surface area contributed by atoms with Gasteiger partial charge in [-0.05, 0) is 29.8 Å². The molecule has 0 saturated carbocycles. The fourth-order valence-corrected chi connectivity index (χ4v) is 1.68. The molecule has 19 heavy (non-hydrogen) atoms. The van der Waals surface area contributed by atoms with E-state index in [2.05, 4.69) is 4.98 Å². The normalized spacial score (nSPS) is 10.0. The highest BCUT2D eigenvalue weighted by atomic mass is 16.5. The smallest absolute Gasteiger partial charge is 0.335 e. The van der Waals surface area contributed by atoms with E-state index in [-0.39, 0.29) is 5.56 Å². The first-order valence-corrected chi connectivity index (χ1v) is 5.57. The Morgan fingerprint density at radius 2 is 1.89 bits per heavy atom. The van der Waals surface area contributed by atoms with Gasteiger partial charge in [0.25, 0.3) is 0 Å². The first-order valence-electron chi connectivity index (χ1n) is 5.57. The van der Waals surface area contributed by atoms with Crippen LogP contribution in [0.15, 0.2) is 36.5 Å². The largest absolute Gasteiger partial charge is 0.497 e. The number of hydrogen-bond donors (Lipinski definition) is 1. The van der Waals surface area contributed by atoms with E-state index in [4.69, 9.17) is 14.6 Å². The third-order valence-corrected chi connectivity index (χ3v) is 2.67. The van der Waals surface area contributed by atoms with E-state index in [1.807, 2.05) is 6.07 Å². The predicted octanol–water partition coefficient (Wildman–Crippen LogP) is 2.46. The van der Waals surface area contributed by atoms with Gasteiger partial charge in [-0.3, -0.25) is 0 Å². The van der Waals surface area contributed by atoms with Crippen molar-refractivity contribution >= 4 is 5.97 Å². The number of methoxy groups -OCH3 is 2. The quantitative estimate of drug-likeness (QED) is 0.913. The number of nitrogens with zero attached hydrogens (tertiary/aromatic N) is 1. The molecule has 98 valence electrons. The summed E-state index contributed by atoms with van der Waals surface area (Å²) in [6.45, 7) is 0. The Bertz CT molecular complexity index is 593. The molecular weight excluding hydrogens is 246 g/mol. The molecule has 1 aromatic heterocycles. The summed E-state index contributed by atoms with van der Waals surface area (Å²) in [5.74, 6) is -0.00237. The van der Waals surface area contributed by atoms with Gasteiger partial charge in [0.15, 0.2) is 0 Å². The van der Waals surface area contributed by atoms with E-state index < -0.39 is 5.97 Å². The highest BCUT2D eigenvalue weighted by Crippen LogP contribution is 2.26. The summed E-state index contributed by atoms with van der Waals surface area (Å²) in [5, 5.41) is 9.07. The zero-order valence-corrected chi connectivity index (χ0v) is 10.6. The molecule has 0 bridgehead atoms. The molecule has 0 aliphatic heterocycles. The molecule has 5 heteroatoms. The van der Waals surface area contributed by atoms with E-state index in [1.165, 1.54) is 20.3 Å². The van der Waals surface area contributed by atoms with Crippen molar-refractivity contribution in [1.82, 2.24) is 4.98 Å². The first kappa shape index (κ1) is 12.9. The minimum absolute atomic E-state index is 0.171. The van der Waals surface area contributed by atoms with Crippen LogP contribution in [0.1, 0.15) is 10.4 Å². The molecule has 2 rings (SSSR count). The third kappa shape index (κ3) is 2.82. The van der Waals surface area contributed by atoms with Crippen LogP contribution in [-0.4, -0.2) is 30.3 Å². The van der Waals surface area contributed by atoms with Crippen LogP contribution in [0.2, 0.25) is 0 Å². The monoisotopic (exact) mass is 259 g/mol. The maximum absolute atomic E-state index is 11.1. The van der Waals surface area contributed by atoms with Crippen LogP contribution in [0.3, 0.4) is 0 Å². The predicted molar refractivity (Wildman–Crippen MR) is 69.7 cm³/mol. The number of carboxylic acids is 1. The molecule has 1 heterocycles. The Balaban J connectivity index is 2.47. The molecule has 0 aliphatic carbocycles. The van der Waals surface area contributed by atoms with Crippen molar-refractivity contribution in [2.75, 3.05) is 14.2 Å². The highest BCUT2D eigenvalue weighted by Gasteiger charge is 2.09. The maximum Gasteiger partial charge on any atom is 0.335 e. The van der Waals surface area contributed by atoms with Crippen LogP contribution < -0.4 is 9.47 Å². The topological polar surface area (TPSA) is 68.7 Å². The zero-order chi connectivity index (χ0) is 13.8. The fraction of sp³-hybridized carbons (Fsp3) is 0.143. The lowest BCUT2D eigenvalue weighted by Crippen LogP contribution is -1.98. The molecule has 0 atom stereocenters.